The summed E-state index contributed by atoms with van der Waals surface area (Å²) < 4.78 is 40.8. The van der Waals surface area contributed by atoms with Crippen LogP contribution in [0, 0.1) is 15.9 Å². The lowest BCUT2D eigenvalue weighted by molar-refractivity contribution is -0.384. The minimum atomic E-state index is -4.06. The molecule has 3 rings (SSSR count). The molecule has 6 nitrogen and oxygen atoms in total. The molecular formula is C19H14ClFN2O4S. The van der Waals surface area contributed by atoms with Crippen molar-refractivity contribution < 1.29 is 17.7 Å². The largest absolute Gasteiger partial charge is 0.269 e. The summed E-state index contributed by atoms with van der Waals surface area (Å²) >= 11 is 6.02. The average molecular weight is 421 g/mol. The molecule has 0 radical (unpaired) electrons. The Hall–Kier alpha value is -2.97. The lowest BCUT2D eigenvalue weighted by Gasteiger charge is -2.25. The first-order chi connectivity index (χ1) is 13.3. The van der Waals surface area contributed by atoms with E-state index >= 15 is 0 Å². The Morgan fingerprint density at radius 3 is 2.21 bits per heavy atom. The molecule has 0 heterocycles. The number of benzene rings is 3. The van der Waals surface area contributed by atoms with Crippen LogP contribution in [0.5, 0.6) is 0 Å². The summed E-state index contributed by atoms with van der Waals surface area (Å²) in [7, 11) is -4.06. The maximum absolute atomic E-state index is 13.2. The summed E-state index contributed by atoms with van der Waals surface area (Å²) in [5.41, 5.74) is 0.661. The van der Waals surface area contributed by atoms with Crippen molar-refractivity contribution >= 4 is 33.0 Å². The highest BCUT2D eigenvalue weighted by atomic mass is 35.5. The van der Waals surface area contributed by atoms with Crippen LogP contribution in [0.3, 0.4) is 0 Å². The number of halogens is 2. The number of non-ortho nitro benzene ring substituents is 1. The molecule has 0 aromatic heterocycles. The molecule has 0 spiro atoms. The number of nitrogens with zero attached hydrogens (tertiary/aromatic N) is 2. The Bertz CT molecular complexity index is 1100. The summed E-state index contributed by atoms with van der Waals surface area (Å²) in [5.74, 6) is -0.434. The molecule has 0 amide bonds. The number of rotatable bonds is 6. The minimum Gasteiger partial charge on any atom is -0.262 e. The molecule has 0 unspecified atom stereocenters. The predicted molar refractivity (Wildman–Crippen MR) is 104 cm³/mol. The Kier molecular flexibility index (Phi) is 5.62. The van der Waals surface area contributed by atoms with Gasteiger partial charge in [0, 0.05) is 17.2 Å². The molecule has 0 aliphatic rings. The Labute approximate surface area is 166 Å². The van der Waals surface area contributed by atoms with Crippen LogP contribution in [0.1, 0.15) is 5.56 Å². The number of hydrogen-bond donors (Lipinski definition) is 0. The number of nitro benzene ring substituents is 1. The van der Waals surface area contributed by atoms with Crippen LogP contribution in [-0.4, -0.2) is 13.3 Å². The highest BCUT2D eigenvalue weighted by molar-refractivity contribution is 7.92. The van der Waals surface area contributed by atoms with Crippen molar-refractivity contribution in [2.24, 2.45) is 0 Å². The van der Waals surface area contributed by atoms with E-state index in [4.69, 9.17) is 11.6 Å². The Balaban J connectivity index is 2.06. The highest BCUT2D eigenvalue weighted by Gasteiger charge is 2.26. The standard InChI is InChI=1S/C19H14ClFN2O4S/c20-15-2-1-3-18(12-15)22(13-14-4-6-16(21)7-5-14)28(26,27)19-10-8-17(9-11-19)23(24)25/h1-12H,13H2. The molecule has 3 aromatic rings. The van der Waals surface area contributed by atoms with E-state index in [0.717, 1.165) is 16.4 Å². The van der Waals surface area contributed by atoms with Gasteiger partial charge in [0.2, 0.25) is 0 Å². The summed E-state index contributed by atoms with van der Waals surface area (Å²) in [4.78, 5) is 10.1. The zero-order chi connectivity index (χ0) is 20.3. The zero-order valence-electron chi connectivity index (χ0n) is 14.3. The van der Waals surface area contributed by atoms with Gasteiger partial charge in [-0.05, 0) is 48.0 Å². The van der Waals surface area contributed by atoms with Crippen LogP contribution in [0.15, 0.2) is 77.7 Å². The maximum atomic E-state index is 13.2. The van der Waals surface area contributed by atoms with E-state index in [1.54, 1.807) is 18.2 Å². The van der Waals surface area contributed by atoms with E-state index in [-0.39, 0.29) is 17.1 Å². The lowest BCUT2D eigenvalue weighted by atomic mass is 10.2. The molecule has 0 aliphatic heterocycles. The molecule has 28 heavy (non-hydrogen) atoms. The molecule has 0 bridgehead atoms. The van der Waals surface area contributed by atoms with E-state index < -0.39 is 20.8 Å². The van der Waals surface area contributed by atoms with Gasteiger partial charge in [-0.25, -0.2) is 12.8 Å². The molecule has 3 aromatic carbocycles. The van der Waals surface area contributed by atoms with Gasteiger partial charge < -0.3 is 0 Å². The summed E-state index contributed by atoms with van der Waals surface area (Å²) in [5, 5.41) is 11.2. The number of hydrogen-bond acceptors (Lipinski definition) is 4. The van der Waals surface area contributed by atoms with Crippen molar-refractivity contribution in [2.75, 3.05) is 4.31 Å². The van der Waals surface area contributed by atoms with Gasteiger partial charge >= 0.3 is 0 Å². The van der Waals surface area contributed by atoms with Gasteiger partial charge in [0.25, 0.3) is 15.7 Å². The van der Waals surface area contributed by atoms with Crippen LogP contribution >= 0.6 is 11.6 Å². The fourth-order valence-electron chi connectivity index (χ4n) is 2.57. The van der Waals surface area contributed by atoms with E-state index in [1.807, 2.05) is 0 Å². The van der Waals surface area contributed by atoms with Gasteiger partial charge in [-0.3, -0.25) is 14.4 Å². The van der Waals surface area contributed by atoms with Crippen molar-refractivity contribution in [3.8, 4) is 0 Å². The molecule has 0 fully saturated rings. The average Bonchev–Trinajstić information content (AvgIpc) is 2.67. The molecule has 0 N–H and O–H groups in total. The third-order valence-electron chi connectivity index (χ3n) is 3.97. The van der Waals surface area contributed by atoms with Crippen LogP contribution in [0.25, 0.3) is 0 Å². The monoisotopic (exact) mass is 420 g/mol. The first kappa shape index (κ1) is 19.8. The number of nitro groups is 1. The molecular weight excluding hydrogens is 407 g/mol. The van der Waals surface area contributed by atoms with E-state index in [0.29, 0.717) is 16.3 Å². The SMILES string of the molecule is O=[N+]([O-])c1ccc(S(=O)(=O)N(Cc2ccc(F)cc2)c2cccc(Cl)c2)cc1. The van der Waals surface area contributed by atoms with Crippen molar-refractivity contribution in [3.63, 3.8) is 0 Å². The second-order valence-electron chi connectivity index (χ2n) is 5.87. The molecule has 0 saturated carbocycles. The van der Waals surface area contributed by atoms with Crippen LogP contribution in [0.2, 0.25) is 5.02 Å². The summed E-state index contributed by atoms with van der Waals surface area (Å²) in [6.45, 7) is -0.0695. The van der Waals surface area contributed by atoms with Crippen molar-refractivity contribution in [3.05, 3.63) is 99.3 Å². The summed E-state index contributed by atoms with van der Waals surface area (Å²) in [6.07, 6.45) is 0. The molecule has 9 heteroatoms. The first-order valence-corrected chi connectivity index (χ1v) is 9.86. The third kappa shape index (κ3) is 4.29. The van der Waals surface area contributed by atoms with Gasteiger partial charge in [-0.15, -0.1) is 0 Å². The van der Waals surface area contributed by atoms with Crippen molar-refractivity contribution in [2.45, 2.75) is 11.4 Å². The fourth-order valence-corrected chi connectivity index (χ4v) is 4.20. The van der Waals surface area contributed by atoms with Crippen LogP contribution < -0.4 is 4.31 Å². The predicted octanol–water partition coefficient (Wildman–Crippen LogP) is 4.78. The molecule has 144 valence electrons. The van der Waals surface area contributed by atoms with Gasteiger partial charge in [-0.1, -0.05) is 29.8 Å². The van der Waals surface area contributed by atoms with Gasteiger partial charge in [0.05, 0.1) is 22.1 Å². The van der Waals surface area contributed by atoms with E-state index in [9.17, 15) is 22.9 Å². The summed E-state index contributed by atoms with van der Waals surface area (Å²) in [6, 6.07) is 16.4. The Morgan fingerprint density at radius 2 is 1.64 bits per heavy atom. The van der Waals surface area contributed by atoms with Crippen LogP contribution in [-0.2, 0) is 16.6 Å². The van der Waals surface area contributed by atoms with Crippen molar-refractivity contribution in [1.29, 1.82) is 0 Å². The molecule has 0 saturated heterocycles. The van der Waals surface area contributed by atoms with Crippen LogP contribution in [0.4, 0.5) is 15.8 Å². The van der Waals surface area contributed by atoms with Gasteiger partial charge in [-0.2, -0.15) is 0 Å². The second-order valence-corrected chi connectivity index (χ2v) is 8.17. The first-order valence-electron chi connectivity index (χ1n) is 8.04. The molecule has 0 aliphatic carbocycles. The fraction of sp³-hybridized carbons (Fsp3) is 0.0526. The highest BCUT2D eigenvalue weighted by Crippen LogP contribution is 2.29. The normalized spacial score (nSPS) is 11.2. The van der Waals surface area contributed by atoms with Gasteiger partial charge in [0.1, 0.15) is 5.82 Å². The lowest BCUT2D eigenvalue weighted by Crippen LogP contribution is -2.30. The van der Waals surface area contributed by atoms with Crippen molar-refractivity contribution in [1.82, 2.24) is 0 Å². The quantitative estimate of drug-likeness (QED) is 0.424. The third-order valence-corrected chi connectivity index (χ3v) is 5.99. The molecule has 0 atom stereocenters. The van der Waals surface area contributed by atoms with Gasteiger partial charge in [0.15, 0.2) is 0 Å². The maximum Gasteiger partial charge on any atom is 0.269 e. The van der Waals surface area contributed by atoms with E-state index in [1.165, 1.54) is 42.5 Å². The number of sulfonamides is 1. The minimum absolute atomic E-state index is 0.0695. The smallest absolute Gasteiger partial charge is 0.262 e. The number of anilines is 1. The topological polar surface area (TPSA) is 80.5 Å². The zero-order valence-corrected chi connectivity index (χ0v) is 15.9. The Morgan fingerprint density at radius 1 is 1.00 bits per heavy atom. The van der Waals surface area contributed by atoms with E-state index in [2.05, 4.69) is 0 Å². The second kappa shape index (κ2) is 7.95.